The van der Waals surface area contributed by atoms with E-state index in [9.17, 15) is 8.42 Å². The lowest BCUT2D eigenvalue weighted by Gasteiger charge is -2.31. The van der Waals surface area contributed by atoms with Crippen LogP contribution in [0.5, 0.6) is 5.88 Å². The number of aromatic nitrogens is 2. The van der Waals surface area contributed by atoms with E-state index in [2.05, 4.69) is 14.9 Å². The van der Waals surface area contributed by atoms with Gasteiger partial charge in [-0.25, -0.2) is 18.4 Å². The molecule has 0 radical (unpaired) electrons. The predicted molar refractivity (Wildman–Crippen MR) is 112 cm³/mol. The molecule has 148 valence electrons. The molecular weight excluding hydrogens is 418 g/mol. The number of pyridine rings is 1. The first kappa shape index (κ1) is 19.4. The summed E-state index contributed by atoms with van der Waals surface area (Å²) >= 11 is 7.62. The minimum absolute atomic E-state index is 0.294. The van der Waals surface area contributed by atoms with Crippen LogP contribution in [0.1, 0.15) is 12.8 Å². The Morgan fingerprint density at radius 1 is 1.25 bits per heavy atom. The van der Waals surface area contributed by atoms with E-state index in [1.54, 1.807) is 30.5 Å². The quantitative estimate of drug-likeness (QED) is 0.599. The van der Waals surface area contributed by atoms with E-state index in [1.165, 1.54) is 17.6 Å². The fourth-order valence-electron chi connectivity index (χ4n) is 3.31. The van der Waals surface area contributed by atoms with E-state index in [0.29, 0.717) is 33.8 Å². The third-order valence-corrected chi connectivity index (χ3v) is 7.33. The SMILES string of the molecule is CS(=O)(=O)c1cccc2sc(N3CCC(COc4ncccc4Cl)CC3)nc12. The van der Waals surface area contributed by atoms with E-state index in [-0.39, 0.29) is 0 Å². The minimum Gasteiger partial charge on any atom is -0.476 e. The summed E-state index contributed by atoms with van der Waals surface area (Å²) in [4.78, 5) is 11.3. The highest BCUT2D eigenvalue weighted by Gasteiger charge is 2.24. The summed E-state index contributed by atoms with van der Waals surface area (Å²) in [6, 6.07) is 8.86. The van der Waals surface area contributed by atoms with Gasteiger partial charge in [-0.05, 0) is 43.0 Å². The molecule has 1 fully saturated rings. The van der Waals surface area contributed by atoms with Crippen LogP contribution < -0.4 is 9.64 Å². The average Bonchev–Trinajstić information content (AvgIpc) is 3.11. The van der Waals surface area contributed by atoms with Gasteiger partial charge in [-0.15, -0.1) is 0 Å². The Morgan fingerprint density at radius 2 is 2.04 bits per heavy atom. The minimum atomic E-state index is -3.30. The first-order valence-corrected chi connectivity index (χ1v) is 12.1. The molecule has 3 aromatic rings. The molecule has 6 nitrogen and oxygen atoms in total. The summed E-state index contributed by atoms with van der Waals surface area (Å²) in [7, 11) is -3.30. The number of rotatable bonds is 5. The molecule has 4 rings (SSSR count). The van der Waals surface area contributed by atoms with Gasteiger partial charge in [0.15, 0.2) is 15.0 Å². The first-order valence-electron chi connectivity index (χ1n) is 8.99. The van der Waals surface area contributed by atoms with Crippen molar-refractivity contribution < 1.29 is 13.2 Å². The van der Waals surface area contributed by atoms with Crippen molar-refractivity contribution in [1.82, 2.24) is 9.97 Å². The number of halogens is 1. The zero-order valence-electron chi connectivity index (χ0n) is 15.3. The van der Waals surface area contributed by atoms with Gasteiger partial charge in [-0.3, -0.25) is 0 Å². The van der Waals surface area contributed by atoms with Crippen LogP contribution in [0.2, 0.25) is 5.02 Å². The van der Waals surface area contributed by atoms with E-state index in [4.69, 9.17) is 16.3 Å². The maximum Gasteiger partial charge on any atom is 0.232 e. The molecule has 1 aliphatic heterocycles. The average molecular weight is 438 g/mol. The Bertz CT molecular complexity index is 1090. The largest absolute Gasteiger partial charge is 0.476 e. The second-order valence-corrected chi connectivity index (χ2v) is 10.3. The van der Waals surface area contributed by atoms with Gasteiger partial charge >= 0.3 is 0 Å². The lowest BCUT2D eigenvalue weighted by molar-refractivity contribution is 0.216. The molecule has 3 heterocycles. The summed E-state index contributed by atoms with van der Waals surface area (Å²) in [5.41, 5.74) is 0.570. The van der Waals surface area contributed by atoms with Gasteiger partial charge in [0, 0.05) is 25.5 Å². The number of hydrogen-bond acceptors (Lipinski definition) is 7. The molecule has 0 unspecified atom stereocenters. The number of benzene rings is 1. The highest BCUT2D eigenvalue weighted by atomic mass is 35.5. The Kier molecular flexibility index (Phi) is 5.44. The van der Waals surface area contributed by atoms with E-state index >= 15 is 0 Å². The number of hydrogen-bond donors (Lipinski definition) is 0. The Balaban J connectivity index is 1.42. The third-order valence-electron chi connectivity index (χ3n) is 4.84. The number of fused-ring (bicyclic) bond motifs is 1. The van der Waals surface area contributed by atoms with Gasteiger partial charge in [0.25, 0.3) is 0 Å². The van der Waals surface area contributed by atoms with Gasteiger partial charge in [-0.1, -0.05) is 29.0 Å². The van der Waals surface area contributed by atoms with Gasteiger partial charge in [0.1, 0.15) is 10.5 Å². The third kappa shape index (κ3) is 4.09. The summed E-state index contributed by atoms with van der Waals surface area (Å²) in [5, 5.41) is 1.40. The molecule has 2 aromatic heterocycles. The summed E-state index contributed by atoms with van der Waals surface area (Å²) in [6.07, 6.45) is 4.83. The Hall–Kier alpha value is -1.90. The summed E-state index contributed by atoms with van der Waals surface area (Å²) in [5.74, 6) is 0.904. The number of anilines is 1. The zero-order valence-corrected chi connectivity index (χ0v) is 17.7. The van der Waals surface area contributed by atoms with Gasteiger partial charge < -0.3 is 9.64 Å². The molecular formula is C19H20ClN3O3S2. The topological polar surface area (TPSA) is 72.4 Å². The molecule has 1 saturated heterocycles. The molecule has 0 aliphatic carbocycles. The van der Waals surface area contributed by atoms with Gasteiger partial charge in [0.2, 0.25) is 5.88 Å². The lowest BCUT2D eigenvalue weighted by atomic mass is 9.98. The van der Waals surface area contributed by atoms with Gasteiger partial charge in [0.05, 0.1) is 16.2 Å². The molecule has 0 amide bonds. The van der Waals surface area contributed by atoms with Crippen molar-refractivity contribution in [2.45, 2.75) is 17.7 Å². The van der Waals surface area contributed by atoms with Crippen molar-refractivity contribution in [2.24, 2.45) is 5.92 Å². The van der Waals surface area contributed by atoms with Gasteiger partial charge in [-0.2, -0.15) is 0 Å². The monoisotopic (exact) mass is 437 g/mol. The molecule has 9 heteroatoms. The number of nitrogens with zero attached hydrogens (tertiary/aromatic N) is 3. The second kappa shape index (κ2) is 7.85. The molecule has 1 aromatic carbocycles. The Morgan fingerprint density at radius 3 is 2.75 bits per heavy atom. The van der Waals surface area contributed by atoms with Crippen LogP contribution in [0.15, 0.2) is 41.4 Å². The predicted octanol–water partition coefficient (Wildman–Crippen LogP) is 4.04. The van der Waals surface area contributed by atoms with Crippen LogP contribution >= 0.6 is 22.9 Å². The van der Waals surface area contributed by atoms with Crippen LogP contribution in [0.25, 0.3) is 10.2 Å². The fourth-order valence-corrected chi connectivity index (χ4v) is 5.43. The standard InChI is InChI=1S/C19H20ClN3O3S2/c1-28(24,25)16-6-2-5-15-17(16)22-19(27-15)23-10-7-13(8-11-23)12-26-18-14(20)4-3-9-21-18/h2-6,9,13H,7-8,10-12H2,1H3. The molecule has 1 aliphatic rings. The lowest BCUT2D eigenvalue weighted by Crippen LogP contribution is -2.35. The maximum absolute atomic E-state index is 12.0. The maximum atomic E-state index is 12.0. The molecule has 0 spiro atoms. The summed E-state index contributed by atoms with van der Waals surface area (Å²) in [6.45, 7) is 2.30. The molecule has 28 heavy (non-hydrogen) atoms. The Labute approximate surface area is 173 Å². The number of ether oxygens (including phenoxy) is 1. The van der Waals surface area contributed by atoms with Crippen LogP contribution in [0.3, 0.4) is 0 Å². The normalized spacial score (nSPS) is 15.9. The van der Waals surface area contributed by atoms with Crippen molar-refractivity contribution in [3.8, 4) is 5.88 Å². The van der Waals surface area contributed by atoms with E-state index in [0.717, 1.165) is 35.8 Å². The molecule has 0 saturated carbocycles. The van der Waals surface area contributed by atoms with Crippen LogP contribution in [-0.4, -0.2) is 44.3 Å². The number of sulfone groups is 1. The van der Waals surface area contributed by atoms with Crippen LogP contribution in [0, 0.1) is 5.92 Å². The second-order valence-electron chi connectivity index (χ2n) is 6.90. The molecule has 0 N–H and O–H groups in total. The highest BCUT2D eigenvalue weighted by Crippen LogP contribution is 2.34. The highest BCUT2D eigenvalue weighted by molar-refractivity contribution is 7.91. The van der Waals surface area contributed by atoms with Crippen LogP contribution in [0.4, 0.5) is 5.13 Å². The van der Waals surface area contributed by atoms with Crippen molar-refractivity contribution in [3.05, 3.63) is 41.6 Å². The molecule has 0 atom stereocenters. The van der Waals surface area contributed by atoms with E-state index in [1.807, 2.05) is 6.07 Å². The van der Waals surface area contributed by atoms with Crippen molar-refractivity contribution in [1.29, 1.82) is 0 Å². The first-order chi connectivity index (χ1) is 13.4. The smallest absolute Gasteiger partial charge is 0.232 e. The fraction of sp³-hybridized carbons (Fsp3) is 0.368. The number of piperidine rings is 1. The molecule has 0 bridgehead atoms. The number of thiazole rings is 1. The van der Waals surface area contributed by atoms with Crippen molar-refractivity contribution in [2.75, 3.05) is 30.9 Å². The number of para-hydroxylation sites is 1. The van der Waals surface area contributed by atoms with Crippen LogP contribution in [-0.2, 0) is 9.84 Å². The van der Waals surface area contributed by atoms with E-state index < -0.39 is 9.84 Å². The van der Waals surface area contributed by atoms with Crippen molar-refractivity contribution in [3.63, 3.8) is 0 Å². The summed E-state index contributed by atoms with van der Waals surface area (Å²) < 4.78 is 30.7. The zero-order chi connectivity index (χ0) is 19.7. The van der Waals surface area contributed by atoms with Crippen molar-refractivity contribution >= 4 is 48.1 Å².